The van der Waals surface area contributed by atoms with Gasteiger partial charge in [0.2, 0.25) is 0 Å². The van der Waals surface area contributed by atoms with E-state index in [0.29, 0.717) is 23.4 Å². The Morgan fingerprint density at radius 3 is 2.32 bits per heavy atom. The predicted octanol–water partition coefficient (Wildman–Crippen LogP) is 3.65. The topological polar surface area (TPSA) is 76.4 Å². The highest BCUT2D eigenvalue weighted by molar-refractivity contribution is 6.06. The lowest BCUT2D eigenvalue weighted by Gasteiger charge is -2.26. The summed E-state index contributed by atoms with van der Waals surface area (Å²) in [6.45, 7) is 0.717. The van der Waals surface area contributed by atoms with Crippen LogP contribution in [0.2, 0.25) is 0 Å². The standard InChI is InChI=1S/C25H24N4O2/c1-28(2)18-29(23-12-4-3-5-13-23)25(31)22-11-7-9-20(15-22)17-27-24(30)21-10-6-8-19(14-21)16-26/h3-15H,17-18H2,1-2H3,(H,27,30). The first-order valence-electron chi connectivity index (χ1n) is 9.87. The fourth-order valence-electron chi connectivity index (χ4n) is 3.14. The Kier molecular flexibility index (Phi) is 7.15. The van der Waals surface area contributed by atoms with E-state index in [2.05, 4.69) is 5.32 Å². The second-order valence-electron chi connectivity index (χ2n) is 7.37. The molecule has 6 heteroatoms. The van der Waals surface area contributed by atoms with E-state index in [-0.39, 0.29) is 18.4 Å². The van der Waals surface area contributed by atoms with Crippen LogP contribution in [0, 0.1) is 11.3 Å². The number of anilines is 1. The summed E-state index contributed by atoms with van der Waals surface area (Å²) in [7, 11) is 3.83. The van der Waals surface area contributed by atoms with Gasteiger partial charge in [-0.25, -0.2) is 0 Å². The third kappa shape index (κ3) is 5.78. The number of nitriles is 1. The summed E-state index contributed by atoms with van der Waals surface area (Å²) < 4.78 is 0. The lowest BCUT2D eigenvalue weighted by Crippen LogP contribution is -2.38. The Morgan fingerprint density at radius 1 is 0.903 bits per heavy atom. The van der Waals surface area contributed by atoms with Crippen LogP contribution < -0.4 is 10.2 Å². The molecule has 0 aromatic heterocycles. The summed E-state index contributed by atoms with van der Waals surface area (Å²) in [5.41, 5.74) is 3.03. The Morgan fingerprint density at radius 2 is 1.61 bits per heavy atom. The molecule has 0 aliphatic heterocycles. The summed E-state index contributed by atoms with van der Waals surface area (Å²) in [4.78, 5) is 29.3. The molecular weight excluding hydrogens is 388 g/mol. The average Bonchev–Trinajstić information content (AvgIpc) is 2.81. The van der Waals surface area contributed by atoms with Crippen LogP contribution in [-0.4, -0.2) is 37.5 Å². The second-order valence-corrected chi connectivity index (χ2v) is 7.37. The molecule has 0 spiro atoms. The molecule has 6 nitrogen and oxygen atoms in total. The van der Waals surface area contributed by atoms with Crippen LogP contribution in [0.4, 0.5) is 5.69 Å². The van der Waals surface area contributed by atoms with E-state index in [9.17, 15) is 9.59 Å². The molecule has 0 saturated heterocycles. The minimum atomic E-state index is -0.271. The summed E-state index contributed by atoms with van der Waals surface area (Å²) >= 11 is 0. The quantitative estimate of drug-likeness (QED) is 0.601. The van der Waals surface area contributed by atoms with Crippen LogP contribution in [0.25, 0.3) is 0 Å². The molecule has 0 bridgehead atoms. The SMILES string of the molecule is CN(C)CN(C(=O)c1cccc(CNC(=O)c2cccc(C#N)c2)c1)c1ccccc1. The van der Waals surface area contributed by atoms with E-state index in [1.807, 2.05) is 67.5 Å². The molecule has 156 valence electrons. The minimum absolute atomic E-state index is 0.116. The number of carbonyl (C=O) groups excluding carboxylic acids is 2. The Labute approximate surface area is 182 Å². The van der Waals surface area contributed by atoms with E-state index in [1.165, 1.54) is 0 Å². The highest BCUT2D eigenvalue weighted by atomic mass is 16.2. The van der Waals surface area contributed by atoms with Crippen molar-refractivity contribution in [3.05, 3.63) is 101 Å². The van der Waals surface area contributed by atoms with Crippen LogP contribution in [0.15, 0.2) is 78.9 Å². The minimum Gasteiger partial charge on any atom is -0.348 e. The van der Waals surface area contributed by atoms with Crippen LogP contribution in [0.3, 0.4) is 0 Å². The zero-order valence-corrected chi connectivity index (χ0v) is 17.6. The fourth-order valence-corrected chi connectivity index (χ4v) is 3.14. The first-order chi connectivity index (χ1) is 15.0. The van der Waals surface area contributed by atoms with Crippen molar-refractivity contribution < 1.29 is 9.59 Å². The molecule has 0 radical (unpaired) electrons. The number of rotatable bonds is 7. The number of amides is 2. The Bertz CT molecular complexity index is 1100. The smallest absolute Gasteiger partial charge is 0.259 e. The van der Waals surface area contributed by atoms with Gasteiger partial charge in [0.25, 0.3) is 11.8 Å². The predicted molar refractivity (Wildman–Crippen MR) is 121 cm³/mol. The van der Waals surface area contributed by atoms with Crippen molar-refractivity contribution in [1.29, 1.82) is 5.26 Å². The maximum atomic E-state index is 13.2. The molecular formula is C25H24N4O2. The lowest BCUT2D eigenvalue weighted by atomic mass is 10.1. The van der Waals surface area contributed by atoms with E-state index >= 15 is 0 Å². The third-order valence-electron chi connectivity index (χ3n) is 4.62. The first-order valence-corrected chi connectivity index (χ1v) is 9.87. The van der Waals surface area contributed by atoms with Gasteiger partial charge in [-0.15, -0.1) is 0 Å². The van der Waals surface area contributed by atoms with Gasteiger partial charge in [0.15, 0.2) is 0 Å². The highest BCUT2D eigenvalue weighted by Crippen LogP contribution is 2.18. The first kappa shape index (κ1) is 21.8. The van der Waals surface area contributed by atoms with Gasteiger partial charge in [0.05, 0.1) is 18.3 Å². The second kappa shape index (κ2) is 10.2. The molecule has 3 aromatic rings. The summed E-state index contributed by atoms with van der Waals surface area (Å²) in [6, 6.07) is 25.3. The molecule has 0 heterocycles. The zero-order chi connectivity index (χ0) is 22.2. The molecule has 0 aliphatic carbocycles. The zero-order valence-electron chi connectivity index (χ0n) is 17.6. The molecule has 0 aliphatic rings. The van der Waals surface area contributed by atoms with Crippen LogP contribution >= 0.6 is 0 Å². The number of hydrogen-bond donors (Lipinski definition) is 1. The van der Waals surface area contributed by atoms with Gasteiger partial charge in [-0.05, 0) is 62.1 Å². The van der Waals surface area contributed by atoms with Crippen molar-refractivity contribution in [1.82, 2.24) is 10.2 Å². The number of carbonyl (C=O) groups is 2. The van der Waals surface area contributed by atoms with Crippen molar-refractivity contribution >= 4 is 17.5 Å². The van der Waals surface area contributed by atoms with Crippen LogP contribution in [0.5, 0.6) is 0 Å². The van der Waals surface area contributed by atoms with E-state index in [4.69, 9.17) is 5.26 Å². The molecule has 1 N–H and O–H groups in total. The molecule has 31 heavy (non-hydrogen) atoms. The molecule has 3 rings (SSSR count). The molecule has 0 saturated carbocycles. The van der Waals surface area contributed by atoms with Crippen molar-refractivity contribution in [2.24, 2.45) is 0 Å². The molecule has 0 fully saturated rings. The maximum Gasteiger partial charge on any atom is 0.259 e. The van der Waals surface area contributed by atoms with Gasteiger partial charge >= 0.3 is 0 Å². The van der Waals surface area contributed by atoms with Crippen molar-refractivity contribution in [3.63, 3.8) is 0 Å². The Balaban J connectivity index is 1.74. The average molecular weight is 412 g/mol. The third-order valence-corrected chi connectivity index (χ3v) is 4.62. The van der Waals surface area contributed by atoms with E-state index in [1.54, 1.807) is 41.3 Å². The number of para-hydroxylation sites is 1. The van der Waals surface area contributed by atoms with Crippen molar-refractivity contribution in [2.75, 3.05) is 25.7 Å². The number of nitrogens with one attached hydrogen (secondary N) is 1. The maximum absolute atomic E-state index is 13.2. The summed E-state index contributed by atoms with van der Waals surface area (Å²) in [5.74, 6) is -0.387. The van der Waals surface area contributed by atoms with Crippen LogP contribution in [0.1, 0.15) is 31.8 Å². The van der Waals surface area contributed by atoms with Crippen molar-refractivity contribution in [3.8, 4) is 6.07 Å². The Hall–Kier alpha value is -3.95. The van der Waals surface area contributed by atoms with Gasteiger partial charge in [0.1, 0.15) is 0 Å². The van der Waals surface area contributed by atoms with Gasteiger partial charge < -0.3 is 5.32 Å². The van der Waals surface area contributed by atoms with Gasteiger partial charge in [-0.1, -0.05) is 36.4 Å². The molecule has 2 amide bonds. The summed E-state index contributed by atoms with van der Waals surface area (Å²) in [6.07, 6.45) is 0. The molecule has 3 aromatic carbocycles. The van der Waals surface area contributed by atoms with Gasteiger partial charge in [0, 0.05) is 23.4 Å². The normalized spacial score (nSPS) is 10.4. The van der Waals surface area contributed by atoms with Gasteiger partial charge in [-0.3, -0.25) is 19.4 Å². The van der Waals surface area contributed by atoms with Crippen molar-refractivity contribution in [2.45, 2.75) is 6.54 Å². The van der Waals surface area contributed by atoms with E-state index in [0.717, 1.165) is 11.3 Å². The number of nitrogens with zero attached hydrogens (tertiary/aromatic N) is 3. The van der Waals surface area contributed by atoms with Crippen LogP contribution in [-0.2, 0) is 6.54 Å². The molecule has 0 unspecified atom stereocenters. The number of hydrogen-bond acceptors (Lipinski definition) is 4. The summed E-state index contributed by atoms with van der Waals surface area (Å²) in [5, 5.41) is 11.8. The number of benzene rings is 3. The lowest BCUT2D eigenvalue weighted by molar-refractivity contribution is 0.0949. The largest absolute Gasteiger partial charge is 0.348 e. The fraction of sp³-hybridized carbons (Fsp3) is 0.160. The van der Waals surface area contributed by atoms with Gasteiger partial charge in [-0.2, -0.15) is 5.26 Å². The monoisotopic (exact) mass is 412 g/mol. The highest BCUT2D eigenvalue weighted by Gasteiger charge is 2.18. The van der Waals surface area contributed by atoms with E-state index < -0.39 is 0 Å². The molecule has 0 atom stereocenters.